The van der Waals surface area contributed by atoms with Crippen LogP contribution < -0.4 is 0 Å². The van der Waals surface area contributed by atoms with Gasteiger partial charge in [-0.15, -0.1) is 0 Å². The number of phenols is 2. The lowest BCUT2D eigenvalue weighted by Crippen LogP contribution is -2.58. The lowest BCUT2D eigenvalue weighted by molar-refractivity contribution is -0.313. The third-order valence-corrected chi connectivity index (χ3v) is 5.47. The van der Waals surface area contributed by atoms with Gasteiger partial charge in [-0.25, -0.2) is 0 Å². The summed E-state index contributed by atoms with van der Waals surface area (Å²) in [6.07, 6.45) is -9.89. The highest BCUT2D eigenvalue weighted by atomic mass is 16.7. The number of aliphatic hydroxyl groups is 5. The van der Waals surface area contributed by atoms with Gasteiger partial charge in [0, 0.05) is 6.42 Å². The first-order valence-corrected chi connectivity index (χ1v) is 10.1. The number of ether oxygens (including phenoxy) is 4. The summed E-state index contributed by atoms with van der Waals surface area (Å²) in [5.74, 6) is -0.483. The lowest BCUT2D eigenvalue weighted by Gasteiger charge is -2.40. The second kappa shape index (κ2) is 10.4. The second-order valence-corrected chi connectivity index (χ2v) is 7.88. The second-order valence-electron chi connectivity index (χ2n) is 7.88. The molecule has 0 spiro atoms. The van der Waals surface area contributed by atoms with Crippen molar-refractivity contribution in [3.05, 3.63) is 23.8 Å². The maximum atomic E-state index is 10.2. The topological polar surface area (TPSA) is 179 Å². The van der Waals surface area contributed by atoms with Crippen LogP contribution in [0.4, 0.5) is 0 Å². The number of rotatable bonds is 7. The largest absolute Gasteiger partial charge is 0.504 e. The van der Waals surface area contributed by atoms with Gasteiger partial charge in [-0.1, -0.05) is 6.07 Å². The van der Waals surface area contributed by atoms with E-state index in [1.165, 1.54) is 19.1 Å². The number of hydrogen-bond acceptors (Lipinski definition) is 11. The standard InChI is InChI=1S/C20H30O11/c1-9-15(24)17(26)18(27)20(30-9)29-8-11-7-14(23)16(25)19(31-11)28-5-4-10-2-3-12(21)13(22)6-10/h2-3,6,9,11,14-27H,4-5,7-8H2,1H3/t9-,11-,14-,15-,16+,17+,18+,19+,20+/m0/s1. The van der Waals surface area contributed by atoms with E-state index in [0.717, 1.165) is 0 Å². The molecule has 0 unspecified atom stereocenters. The molecule has 2 saturated heterocycles. The first-order chi connectivity index (χ1) is 14.7. The molecule has 2 heterocycles. The molecule has 11 nitrogen and oxygen atoms in total. The maximum Gasteiger partial charge on any atom is 0.186 e. The molecule has 1 aromatic rings. The van der Waals surface area contributed by atoms with Crippen LogP contribution in [0.2, 0.25) is 0 Å². The Hall–Kier alpha value is -1.54. The molecule has 0 saturated carbocycles. The average molecular weight is 446 g/mol. The van der Waals surface area contributed by atoms with Crippen LogP contribution in [0.3, 0.4) is 0 Å². The smallest absolute Gasteiger partial charge is 0.186 e. The average Bonchev–Trinajstić information content (AvgIpc) is 2.74. The summed E-state index contributed by atoms with van der Waals surface area (Å²) in [5, 5.41) is 68.7. The van der Waals surface area contributed by atoms with Crippen LogP contribution in [0.5, 0.6) is 11.5 Å². The van der Waals surface area contributed by atoms with Crippen LogP contribution in [-0.2, 0) is 25.4 Å². The third kappa shape index (κ3) is 5.83. The number of aliphatic hydroxyl groups excluding tert-OH is 5. The van der Waals surface area contributed by atoms with Gasteiger partial charge >= 0.3 is 0 Å². The minimum atomic E-state index is -1.46. The molecule has 3 rings (SSSR count). The van der Waals surface area contributed by atoms with Crippen molar-refractivity contribution in [3.8, 4) is 11.5 Å². The Kier molecular flexibility index (Phi) is 8.08. The molecular formula is C20H30O11. The lowest BCUT2D eigenvalue weighted by atomic mass is 10.00. The number of aromatic hydroxyl groups is 2. The first kappa shape index (κ1) is 24.1. The van der Waals surface area contributed by atoms with Gasteiger partial charge in [0.05, 0.1) is 31.5 Å². The van der Waals surface area contributed by atoms with E-state index in [9.17, 15) is 35.7 Å². The van der Waals surface area contributed by atoms with E-state index in [0.29, 0.717) is 12.0 Å². The summed E-state index contributed by atoms with van der Waals surface area (Å²) >= 11 is 0. The normalized spacial score (nSPS) is 38.8. The molecule has 0 amide bonds. The minimum Gasteiger partial charge on any atom is -0.504 e. The molecule has 2 fully saturated rings. The predicted molar refractivity (Wildman–Crippen MR) is 103 cm³/mol. The van der Waals surface area contributed by atoms with E-state index in [-0.39, 0.29) is 31.1 Å². The third-order valence-electron chi connectivity index (χ3n) is 5.47. The monoisotopic (exact) mass is 446 g/mol. The summed E-state index contributed by atoms with van der Waals surface area (Å²) < 4.78 is 22.0. The van der Waals surface area contributed by atoms with Crippen LogP contribution >= 0.6 is 0 Å². The van der Waals surface area contributed by atoms with Crippen LogP contribution in [0.1, 0.15) is 18.9 Å². The van der Waals surface area contributed by atoms with Gasteiger partial charge < -0.3 is 54.7 Å². The zero-order valence-electron chi connectivity index (χ0n) is 17.0. The Bertz CT molecular complexity index is 716. The Morgan fingerprint density at radius 1 is 0.871 bits per heavy atom. The Labute approximate surface area is 179 Å². The van der Waals surface area contributed by atoms with Crippen molar-refractivity contribution < 1.29 is 54.7 Å². The van der Waals surface area contributed by atoms with Crippen molar-refractivity contribution in [1.82, 2.24) is 0 Å². The molecule has 9 atom stereocenters. The highest BCUT2D eigenvalue weighted by molar-refractivity contribution is 5.40. The van der Waals surface area contributed by atoms with E-state index < -0.39 is 55.3 Å². The summed E-state index contributed by atoms with van der Waals surface area (Å²) in [5.41, 5.74) is 0.694. The van der Waals surface area contributed by atoms with Gasteiger partial charge in [-0.2, -0.15) is 0 Å². The maximum absolute atomic E-state index is 10.2. The molecular weight excluding hydrogens is 416 g/mol. The number of hydrogen-bond donors (Lipinski definition) is 7. The summed E-state index contributed by atoms with van der Waals surface area (Å²) in [4.78, 5) is 0. The van der Waals surface area contributed by atoms with E-state index in [1.54, 1.807) is 6.07 Å². The molecule has 0 bridgehead atoms. The molecule has 2 aliphatic heterocycles. The van der Waals surface area contributed by atoms with Gasteiger partial charge in [-0.3, -0.25) is 0 Å². The minimum absolute atomic E-state index is 0.0520. The highest BCUT2D eigenvalue weighted by Gasteiger charge is 2.43. The SMILES string of the molecule is C[C@@H]1O[C@@H](OC[C@@H]2C[C@H](O)[C@@H](O)[C@H](OCCc3ccc(O)c(O)c3)O2)[C@H](O)[C@H](O)[C@H]1O. The fourth-order valence-corrected chi connectivity index (χ4v) is 3.53. The fourth-order valence-electron chi connectivity index (χ4n) is 3.53. The van der Waals surface area contributed by atoms with Crippen LogP contribution in [0.25, 0.3) is 0 Å². The quantitative estimate of drug-likeness (QED) is 0.238. The zero-order chi connectivity index (χ0) is 22.7. The first-order valence-electron chi connectivity index (χ1n) is 10.1. The van der Waals surface area contributed by atoms with Gasteiger partial charge in [-0.05, 0) is 31.0 Å². The Balaban J connectivity index is 1.49. The van der Waals surface area contributed by atoms with Gasteiger partial charge in [0.2, 0.25) is 0 Å². The molecule has 7 N–H and O–H groups in total. The van der Waals surface area contributed by atoms with Crippen molar-refractivity contribution in [2.24, 2.45) is 0 Å². The summed E-state index contributed by atoms with van der Waals surface area (Å²) in [6.45, 7) is 1.52. The molecule has 11 heteroatoms. The van der Waals surface area contributed by atoms with E-state index in [2.05, 4.69) is 0 Å². The van der Waals surface area contributed by atoms with Gasteiger partial charge in [0.1, 0.15) is 24.4 Å². The fraction of sp³-hybridized carbons (Fsp3) is 0.700. The van der Waals surface area contributed by atoms with E-state index >= 15 is 0 Å². The predicted octanol–water partition coefficient (Wildman–Crippen LogP) is -1.66. The number of phenolic OH excluding ortho intramolecular Hbond substituents is 2. The zero-order valence-corrected chi connectivity index (χ0v) is 17.0. The van der Waals surface area contributed by atoms with Crippen molar-refractivity contribution in [2.45, 2.75) is 75.1 Å². The van der Waals surface area contributed by atoms with Crippen molar-refractivity contribution in [3.63, 3.8) is 0 Å². The molecule has 2 aliphatic rings. The molecule has 0 aliphatic carbocycles. The molecule has 0 radical (unpaired) electrons. The van der Waals surface area contributed by atoms with E-state index in [4.69, 9.17) is 18.9 Å². The number of benzene rings is 1. The van der Waals surface area contributed by atoms with Gasteiger partial charge in [0.15, 0.2) is 24.1 Å². The van der Waals surface area contributed by atoms with Crippen molar-refractivity contribution >= 4 is 0 Å². The van der Waals surface area contributed by atoms with Crippen LogP contribution in [0.15, 0.2) is 18.2 Å². The Morgan fingerprint density at radius 2 is 1.58 bits per heavy atom. The summed E-state index contributed by atoms with van der Waals surface area (Å²) in [6, 6.07) is 4.36. The van der Waals surface area contributed by atoms with E-state index in [1.807, 2.05) is 0 Å². The molecule has 31 heavy (non-hydrogen) atoms. The molecule has 0 aromatic heterocycles. The Morgan fingerprint density at radius 3 is 2.29 bits per heavy atom. The summed E-state index contributed by atoms with van der Waals surface area (Å²) in [7, 11) is 0. The highest BCUT2D eigenvalue weighted by Crippen LogP contribution is 2.27. The van der Waals surface area contributed by atoms with Gasteiger partial charge in [0.25, 0.3) is 0 Å². The van der Waals surface area contributed by atoms with Crippen LogP contribution in [0, 0.1) is 0 Å². The molecule has 1 aromatic carbocycles. The van der Waals surface area contributed by atoms with Crippen molar-refractivity contribution in [2.75, 3.05) is 13.2 Å². The molecule has 176 valence electrons. The van der Waals surface area contributed by atoms with Crippen molar-refractivity contribution in [1.29, 1.82) is 0 Å². The van der Waals surface area contributed by atoms with Crippen LogP contribution in [-0.4, -0.2) is 104 Å².